The summed E-state index contributed by atoms with van der Waals surface area (Å²) in [4.78, 5) is 34.6. The number of anilines is 1. The zero-order chi connectivity index (χ0) is 23.4. The number of alkyl halides is 3. The number of aryl methyl sites for hydroxylation is 1. The second-order valence-electron chi connectivity index (χ2n) is 7.69. The minimum atomic E-state index is -5.08. The Balaban J connectivity index is 0.000000360. The quantitative estimate of drug-likeness (QED) is 0.734. The lowest BCUT2D eigenvalue weighted by Crippen LogP contribution is -2.43. The fourth-order valence-corrected chi connectivity index (χ4v) is 3.75. The van der Waals surface area contributed by atoms with Gasteiger partial charge in [-0.1, -0.05) is 0 Å². The monoisotopic (exact) mass is 456 g/mol. The number of amides is 1. The normalized spacial score (nSPS) is 21.1. The Kier molecular flexibility index (Phi) is 7.02. The molecule has 174 valence electrons. The number of ether oxygens (including phenoxy) is 1. The van der Waals surface area contributed by atoms with E-state index in [2.05, 4.69) is 14.9 Å². The Bertz CT molecular complexity index is 937. The molecule has 0 aromatic carbocycles. The Labute approximate surface area is 181 Å². The van der Waals surface area contributed by atoms with Gasteiger partial charge in [0.1, 0.15) is 5.76 Å². The number of carboxylic acid groups (broad SMARTS) is 1. The number of hydrogen-bond acceptors (Lipinski definition) is 7. The van der Waals surface area contributed by atoms with Crippen molar-refractivity contribution in [1.82, 2.24) is 14.9 Å². The summed E-state index contributed by atoms with van der Waals surface area (Å²) in [5.41, 5.74) is 0.557. The maximum absolute atomic E-state index is 12.9. The number of furan rings is 1. The number of halogens is 3. The summed E-state index contributed by atoms with van der Waals surface area (Å²) >= 11 is 0. The van der Waals surface area contributed by atoms with E-state index in [1.807, 2.05) is 17.9 Å². The largest absolute Gasteiger partial charge is 0.490 e. The molecule has 1 amide bonds. The number of carbonyl (C=O) groups is 2. The molecule has 1 N–H and O–H groups in total. The maximum Gasteiger partial charge on any atom is 0.490 e. The summed E-state index contributed by atoms with van der Waals surface area (Å²) in [6, 6.07) is 3.56. The summed E-state index contributed by atoms with van der Waals surface area (Å²) in [5, 5.41) is 7.12. The number of aliphatic carboxylic acids is 1. The van der Waals surface area contributed by atoms with Crippen molar-refractivity contribution in [1.29, 1.82) is 0 Å². The first kappa shape index (κ1) is 23.5. The lowest BCUT2D eigenvalue weighted by atomic mass is 9.87. The standard InChI is InChI=1S/C18H22N4O3.C2HF3O2/c1-14-15(3-9-25-14)16(23)21-8-10-24-13-18(11-21)4-7-22(12-18)17-19-5-2-6-20-17;3-2(4,5)1(6)7/h2-3,5-6,9H,4,7-8,10-13H2,1H3;(H,6,7). The fourth-order valence-electron chi connectivity index (χ4n) is 3.75. The molecule has 0 radical (unpaired) electrons. The molecule has 0 saturated carbocycles. The van der Waals surface area contributed by atoms with Gasteiger partial charge in [-0.15, -0.1) is 0 Å². The van der Waals surface area contributed by atoms with Crippen LogP contribution in [0, 0.1) is 12.3 Å². The lowest BCUT2D eigenvalue weighted by Gasteiger charge is -2.31. The molecule has 2 aliphatic rings. The average molecular weight is 456 g/mol. The Morgan fingerprint density at radius 3 is 2.47 bits per heavy atom. The van der Waals surface area contributed by atoms with E-state index in [1.54, 1.807) is 24.7 Å². The first-order chi connectivity index (χ1) is 15.1. The van der Waals surface area contributed by atoms with Crippen LogP contribution in [0.4, 0.5) is 19.1 Å². The first-order valence-electron chi connectivity index (χ1n) is 9.84. The van der Waals surface area contributed by atoms with Gasteiger partial charge in [-0.05, 0) is 25.5 Å². The number of rotatable bonds is 2. The molecule has 2 fully saturated rings. The molecule has 0 aliphatic carbocycles. The van der Waals surface area contributed by atoms with Crippen molar-refractivity contribution in [3.05, 3.63) is 42.1 Å². The molecule has 1 spiro atoms. The number of aromatic nitrogens is 2. The Morgan fingerprint density at radius 1 is 1.19 bits per heavy atom. The highest BCUT2D eigenvalue weighted by Gasteiger charge is 2.43. The highest BCUT2D eigenvalue weighted by Crippen LogP contribution is 2.35. The molecule has 12 heteroatoms. The van der Waals surface area contributed by atoms with Gasteiger partial charge in [0.2, 0.25) is 5.95 Å². The van der Waals surface area contributed by atoms with Crippen LogP contribution in [-0.2, 0) is 9.53 Å². The highest BCUT2D eigenvalue weighted by atomic mass is 19.4. The molecule has 32 heavy (non-hydrogen) atoms. The third-order valence-corrected chi connectivity index (χ3v) is 5.33. The molecule has 2 aliphatic heterocycles. The summed E-state index contributed by atoms with van der Waals surface area (Å²) in [6.45, 7) is 6.00. The zero-order valence-corrected chi connectivity index (χ0v) is 17.3. The second kappa shape index (κ2) is 9.55. The predicted octanol–water partition coefficient (Wildman–Crippen LogP) is 2.38. The van der Waals surface area contributed by atoms with Gasteiger partial charge < -0.3 is 24.1 Å². The van der Waals surface area contributed by atoms with E-state index < -0.39 is 12.1 Å². The summed E-state index contributed by atoms with van der Waals surface area (Å²) in [6.07, 6.45) is 0.957. The van der Waals surface area contributed by atoms with Crippen molar-refractivity contribution < 1.29 is 37.0 Å². The van der Waals surface area contributed by atoms with Gasteiger partial charge in [0, 0.05) is 44.0 Å². The van der Waals surface area contributed by atoms with E-state index in [4.69, 9.17) is 19.1 Å². The van der Waals surface area contributed by atoms with Crippen molar-refractivity contribution in [2.45, 2.75) is 19.5 Å². The van der Waals surface area contributed by atoms with Gasteiger partial charge in [-0.2, -0.15) is 13.2 Å². The average Bonchev–Trinajstić information content (AvgIpc) is 3.30. The van der Waals surface area contributed by atoms with E-state index >= 15 is 0 Å². The van der Waals surface area contributed by atoms with Crippen molar-refractivity contribution in [2.24, 2.45) is 5.41 Å². The van der Waals surface area contributed by atoms with Crippen molar-refractivity contribution in [2.75, 3.05) is 44.3 Å². The van der Waals surface area contributed by atoms with Crippen LogP contribution >= 0.6 is 0 Å². The molecular formula is C20H23F3N4O5. The van der Waals surface area contributed by atoms with Crippen LogP contribution in [-0.4, -0.2) is 77.4 Å². The van der Waals surface area contributed by atoms with Crippen molar-refractivity contribution >= 4 is 17.8 Å². The second-order valence-corrected chi connectivity index (χ2v) is 7.69. The van der Waals surface area contributed by atoms with Gasteiger partial charge in [-0.3, -0.25) is 4.79 Å². The topological polar surface area (TPSA) is 109 Å². The Hall–Kier alpha value is -3.15. The minimum Gasteiger partial charge on any atom is -0.475 e. The number of carboxylic acids is 1. The summed E-state index contributed by atoms with van der Waals surface area (Å²) in [5.74, 6) is -1.33. The van der Waals surface area contributed by atoms with Crippen LogP contribution in [0.15, 0.2) is 35.2 Å². The van der Waals surface area contributed by atoms with Crippen LogP contribution in [0.3, 0.4) is 0 Å². The van der Waals surface area contributed by atoms with Crippen molar-refractivity contribution in [3.63, 3.8) is 0 Å². The van der Waals surface area contributed by atoms with E-state index in [1.165, 1.54) is 0 Å². The van der Waals surface area contributed by atoms with Gasteiger partial charge >= 0.3 is 12.1 Å². The molecule has 4 rings (SSSR count). The SMILES string of the molecule is Cc1occc1C(=O)N1CCOCC2(CCN(c3ncccn3)C2)C1.O=C(O)C(F)(F)F. The summed E-state index contributed by atoms with van der Waals surface area (Å²) in [7, 11) is 0. The number of hydrogen-bond donors (Lipinski definition) is 1. The number of carbonyl (C=O) groups excluding carboxylic acids is 1. The molecule has 0 bridgehead atoms. The smallest absolute Gasteiger partial charge is 0.475 e. The Morgan fingerprint density at radius 2 is 1.88 bits per heavy atom. The molecular weight excluding hydrogens is 433 g/mol. The van der Waals surface area contributed by atoms with E-state index in [9.17, 15) is 18.0 Å². The fraction of sp³-hybridized carbons (Fsp3) is 0.500. The third kappa shape index (κ3) is 5.55. The molecule has 2 aromatic heterocycles. The van der Waals surface area contributed by atoms with Gasteiger partial charge in [-0.25, -0.2) is 14.8 Å². The van der Waals surface area contributed by atoms with Crippen LogP contribution < -0.4 is 4.90 Å². The third-order valence-electron chi connectivity index (χ3n) is 5.33. The molecule has 2 aromatic rings. The molecule has 1 atom stereocenters. The minimum absolute atomic E-state index is 0.0190. The zero-order valence-electron chi connectivity index (χ0n) is 17.3. The lowest BCUT2D eigenvalue weighted by molar-refractivity contribution is -0.192. The maximum atomic E-state index is 12.9. The molecule has 4 heterocycles. The van der Waals surface area contributed by atoms with Gasteiger partial charge in [0.05, 0.1) is 25.0 Å². The van der Waals surface area contributed by atoms with E-state index in [0.29, 0.717) is 37.6 Å². The van der Waals surface area contributed by atoms with E-state index in [-0.39, 0.29) is 11.3 Å². The van der Waals surface area contributed by atoms with E-state index in [0.717, 1.165) is 25.5 Å². The van der Waals surface area contributed by atoms with Crippen molar-refractivity contribution in [3.8, 4) is 0 Å². The summed E-state index contributed by atoms with van der Waals surface area (Å²) < 4.78 is 42.9. The van der Waals surface area contributed by atoms with Gasteiger partial charge in [0.15, 0.2) is 0 Å². The highest BCUT2D eigenvalue weighted by molar-refractivity contribution is 5.95. The molecule has 9 nitrogen and oxygen atoms in total. The van der Waals surface area contributed by atoms with Crippen LogP contribution in [0.1, 0.15) is 22.5 Å². The first-order valence-corrected chi connectivity index (χ1v) is 9.84. The van der Waals surface area contributed by atoms with Gasteiger partial charge in [0.25, 0.3) is 5.91 Å². The van der Waals surface area contributed by atoms with Crippen LogP contribution in [0.2, 0.25) is 0 Å². The number of nitrogens with zero attached hydrogens (tertiary/aromatic N) is 4. The predicted molar refractivity (Wildman–Crippen MR) is 105 cm³/mol. The van der Waals surface area contributed by atoms with Crippen LogP contribution in [0.25, 0.3) is 0 Å². The van der Waals surface area contributed by atoms with Crippen LogP contribution in [0.5, 0.6) is 0 Å². The molecule has 2 saturated heterocycles. The molecule has 1 unspecified atom stereocenters.